The highest BCUT2D eigenvalue weighted by atomic mass is 32.1. The van der Waals surface area contributed by atoms with Crippen molar-refractivity contribution < 1.29 is 9.90 Å². The molecule has 4 nitrogen and oxygen atoms in total. The van der Waals surface area contributed by atoms with Gasteiger partial charge in [0.05, 0.1) is 18.7 Å². The van der Waals surface area contributed by atoms with Gasteiger partial charge in [-0.05, 0) is 36.2 Å². The van der Waals surface area contributed by atoms with Crippen molar-refractivity contribution in [2.45, 2.75) is 45.8 Å². The van der Waals surface area contributed by atoms with Gasteiger partial charge in [0, 0.05) is 11.4 Å². The van der Waals surface area contributed by atoms with Crippen LogP contribution in [0.2, 0.25) is 0 Å². The van der Waals surface area contributed by atoms with Crippen molar-refractivity contribution in [2.75, 3.05) is 19.6 Å². The Morgan fingerprint density at radius 1 is 1.57 bits per heavy atom. The van der Waals surface area contributed by atoms with E-state index < -0.39 is 0 Å². The third kappa shape index (κ3) is 4.80. The second-order valence-electron chi connectivity index (χ2n) is 6.91. The van der Waals surface area contributed by atoms with Crippen molar-refractivity contribution in [3.05, 3.63) is 22.4 Å². The first-order valence-electron chi connectivity index (χ1n) is 7.59. The van der Waals surface area contributed by atoms with Gasteiger partial charge in [0.25, 0.3) is 0 Å². The maximum atomic E-state index is 12.3. The number of rotatable bonds is 4. The molecule has 1 aliphatic heterocycles. The van der Waals surface area contributed by atoms with Crippen molar-refractivity contribution >= 4 is 17.2 Å². The number of carbonyl (C=O) groups excluding carboxylic acids is 1. The minimum atomic E-state index is -0.290. The average Bonchev–Trinajstić information content (AvgIpc) is 2.88. The van der Waals surface area contributed by atoms with Crippen molar-refractivity contribution in [2.24, 2.45) is 5.41 Å². The minimum Gasteiger partial charge on any atom is -0.392 e. The van der Waals surface area contributed by atoms with E-state index in [1.807, 2.05) is 16.3 Å². The van der Waals surface area contributed by atoms with E-state index in [0.29, 0.717) is 13.1 Å². The molecule has 2 N–H and O–H groups in total. The highest BCUT2D eigenvalue weighted by Crippen LogP contribution is 2.35. The average molecular weight is 310 g/mol. The zero-order valence-electron chi connectivity index (χ0n) is 13.1. The maximum absolute atomic E-state index is 12.3. The van der Waals surface area contributed by atoms with Gasteiger partial charge in [0.1, 0.15) is 0 Å². The topological polar surface area (TPSA) is 52.6 Å². The Labute approximate surface area is 131 Å². The molecule has 1 aromatic heterocycles. The van der Waals surface area contributed by atoms with Crippen LogP contribution >= 0.6 is 11.3 Å². The number of thiophene rings is 1. The van der Waals surface area contributed by atoms with E-state index in [4.69, 9.17) is 0 Å². The fraction of sp³-hybridized carbons (Fsp3) is 0.688. The standard InChI is InChI=1S/C16H26N2O2S/c1-16(2,3)15(13-7-5-9-21-13)17-14(20)11-18-8-4-6-12(19)10-18/h5,7,9,12,15,19H,4,6,8,10-11H2,1-3H3,(H,17,20). The summed E-state index contributed by atoms with van der Waals surface area (Å²) in [6, 6.07) is 4.12. The molecular formula is C16H26N2O2S. The summed E-state index contributed by atoms with van der Waals surface area (Å²) in [7, 11) is 0. The van der Waals surface area contributed by atoms with Crippen LogP contribution in [-0.2, 0) is 4.79 Å². The van der Waals surface area contributed by atoms with E-state index in [9.17, 15) is 9.90 Å². The fourth-order valence-corrected chi connectivity index (χ4v) is 3.77. The number of amides is 1. The SMILES string of the molecule is CC(C)(C)C(NC(=O)CN1CCCC(O)C1)c1cccs1. The van der Waals surface area contributed by atoms with Crippen LogP contribution in [0.4, 0.5) is 0 Å². The van der Waals surface area contributed by atoms with Gasteiger partial charge in [-0.3, -0.25) is 9.69 Å². The summed E-state index contributed by atoms with van der Waals surface area (Å²) in [5.74, 6) is 0.0393. The summed E-state index contributed by atoms with van der Waals surface area (Å²) >= 11 is 1.68. The molecule has 1 saturated heterocycles. The second-order valence-corrected chi connectivity index (χ2v) is 7.89. The second kappa shape index (κ2) is 6.90. The zero-order valence-corrected chi connectivity index (χ0v) is 13.9. The van der Waals surface area contributed by atoms with Crippen LogP contribution in [0.3, 0.4) is 0 Å². The number of aliphatic hydroxyl groups excluding tert-OH is 1. The van der Waals surface area contributed by atoms with Crippen LogP contribution in [0.15, 0.2) is 17.5 Å². The van der Waals surface area contributed by atoms with Crippen molar-refractivity contribution in [1.29, 1.82) is 0 Å². The molecule has 118 valence electrons. The Bertz CT molecular complexity index is 453. The number of nitrogens with zero attached hydrogens (tertiary/aromatic N) is 1. The first-order valence-corrected chi connectivity index (χ1v) is 8.47. The van der Waals surface area contributed by atoms with E-state index in [2.05, 4.69) is 32.2 Å². The van der Waals surface area contributed by atoms with E-state index in [1.54, 1.807) is 11.3 Å². The molecule has 0 aromatic carbocycles. The third-order valence-electron chi connectivity index (χ3n) is 3.85. The van der Waals surface area contributed by atoms with Gasteiger partial charge in [-0.15, -0.1) is 11.3 Å². The molecule has 0 radical (unpaired) electrons. The maximum Gasteiger partial charge on any atom is 0.234 e. The van der Waals surface area contributed by atoms with Crippen molar-refractivity contribution in [3.8, 4) is 0 Å². The largest absolute Gasteiger partial charge is 0.392 e. The van der Waals surface area contributed by atoms with Gasteiger partial charge >= 0.3 is 0 Å². The quantitative estimate of drug-likeness (QED) is 0.898. The molecular weight excluding hydrogens is 284 g/mol. The Hall–Kier alpha value is -0.910. The Morgan fingerprint density at radius 3 is 2.90 bits per heavy atom. The highest BCUT2D eigenvalue weighted by Gasteiger charge is 2.29. The predicted molar refractivity (Wildman–Crippen MR) is 86.3 cm³/mol. The van der Waals surface area contributed by atoms with Gasteiger partial charge in [-0.1, -0.05) is 26.8 Å². The first kappa shape index (κ1) is 16.5. The van der Waals surface area contributed by atoms with Crippen LogP contribution in [0.5, 0.6) is 0 Å². The zero-order chi connectivity index (χ0) is 15.5. The molecule has 21 heavy (non-hydrogen) atoms. The summed E-state index contributed by atoms with van der Waals surface area (Å²) in [6.45, 7) is 8.29. The summed E-state index contributed by atoms with van der Waals surface area (Å²) in [4.78, 5) is 15.6. The monoisotopic (exact) mass is 310 g/mol. The van der Waals surface area contributed by atoms with Crippen molar-refractivity contribution in [1.82, 2.24) is 10.2 Å². The third-order valence-corrected chi connectivity index (χ3v) is 4.78. The molecule has 5 heteroatoms. The first-order chi connectivity index (χ1) is 9.86. The molecule has 2 rings (SSSR count). The number of nitrogens with one attached hydrogen (secondary N) is 1. The van der Waals surface area contributed by atoms with Gasteiger partial charge < -0.3 is 10.4 Å². The van der Waals surface area contributed by atoms with E-state index in [1.165, 1.54) is 4.88 Å². The van der Waals surface area contributed by atoms with Gasteiger partial charge in [-0.25, -0.2) is 0 Å². The minimum absolute atomic E-state index is 0.0259. The summed E-state index contributed by atoms with van der Waals surface area (Å²) < 4.78 is 0. The van der Waals surface area contributed by atoms with Crippen LogP contribution in [0.25, 0.3) is 0 Å². The molecule has 1 fully saturated rings. The summed E-state index contributed by atoms with van der Waals surface area (Å²) in [5, 5.41) is 14.9. The Balaban J connectivity index is 1.95. The van der Waals surface area contributed by atoms with E-state index >= 15 is 0 Å². The van der Waals surface area contributed by atoms with Crippen LogP contribution in [-0.4, -0.2) is 41.7 Å². The molecule has 2 unspecified atom stereocenters. The molecule has 0 saturated carbocycles. The number of hydrogen-bond donors (Lipinski definition) is 2. The molecule has 1 aliphatic rings. The molecule has 2 heterocycles. The van der Waals surface area contributed by atoms with Crippen LogP contribution in [0, 0.1) is 5.41 Å². The number of piperidine rings is 1. The fourth-order valence-electron chi connectivity index (χ4n) is 2.75. The van der Waals surface area contributed by atoms with E-state index in [0.717, 1.165) is 19.4 Å². The lowest BCUT2D eigenvalue weighted by Gasteiger charge is -2.33. The van der Waals surface area contributed by atoms with Crippen LogP contribution in [0.1, 0.15) is 44.5 Å². The number of β-amino-alcohol motifs (C(OH)–C–C–N with tert-alkyl or cyclic N) is 1. The van der Waals surface area contributed by atoms with Gasteiger partial charge in [0.2, 0.25) is 5.91 Å². The smallest absolute Gasteiger partial charge is 0.234 e. The number of hydrogen-bond acceptors (Lipinski definition) is 4. The predicted octanol–water partition coefficient (Wildman–Crippen LogP) is 2.41. The molecule has 0 spiro atoms. The summed E-state index contributed by atoms with van der Waals surface area (Å²) in [6.07, 6.45) is 1.52. The molecule has 2 atom stereocenters. The molecule has 0 aliphatic carbocycles. The molecule has 0 bridgehead atoms. The number of aliphatic hydroxyl groups is 1. The Morgan fingerprint density at radius 2 is 2.33 bits per heavy atom. The molecule has 1 aromatic rings. The Kier molecular flexibility index (Phi) is 5.41. The normalized spacial score (nSPS) is 22.0. The van der Waals surface area contributed by atoms with Crippen molar-refractivity contribution in [3.63, 3.8) is 0 Å². The van der Waals surface area contributed by atoms with Gasteiger partial charge in [-0.2, -0.15) is 0 Å². The van der Waals surface area contributed by atoms with Crippen LogP contribution < -0.4 is 5.32 Å². The number of likely N-dealkylation sites (tertiary alicyclic amines) is 1. The summed E-state index contributed by atoms with van der Waals surface area (Å²) in [5.41, 5.74) is -0.0259. The molecule has 1 amide bonds. The lowest BCUT2D eigenvalue weighted by atomic mass is 9.85. The lowest BCUT2D eigenvalue weighted by molar-refractivity contribution is -0.124. The van der Waals surface area contributed by atoms with Gasteiger partial charge in [0.15, 0.2) is 0 Å². The van der Waals surface area contributed by atoms with E-state index in [-0.39, 0.29) is 23.5 Å². The highest BCUT2D eigenvalue weighted by molar-refractivity contribution is 7.10. The number of carbonyl (C=O) groups is 1. The lowest BCUT2D eigenvalue weighted by Crippen LogP contribution is -2.46.